The second kappa shape index (κ2) is 6.08. The molecular weight excluding hydrogens is 298 g/mol. The lowest BCUT2D eigenvalue weighted by atomic mass is 10.2. The molecule has 114 valence electrons. The number of aromatic carboxylic acids is 1. The van der Waals surface area contributed by atoms with E-state index in [0.29, 0.717) is 5.56 Å². The highest BCUT2D eigenvalue weighted by molar-refractivity contribution is 7.91. The van der Waals surface area contributed by atoms with Crippen molar-refractivity contribution in [1.29, 1.82) is 0 Å². The highest BCUT2D eigenvalue weighted by Gasteiger charge is 2.24. The quantitative estimate of drug-likeness (QED) is 0.792. The predicted molar refractivity (Wildman–Crippen MR) is 73.7 cm³/mol. The minimum Gasteiger partial charge on any atom is -0.477 e. The standard InChI is InChI=1S/C12H15N3O5S/c16-11(17)10-2-1-9(7-13-10)8-14-12(18)15-3-5-21(19,20)6-4-15/h1-2,7H,3-6,8H2,(H,14,18)(H,16,17). The third-order valence-electron chi connectivity index (χ3n) is 3.12. The van der Waals surface area contributed by atoms with Crippen molar-refractivity contribution in [2.75, 3.05) is 24.6 Å². The van der Waals surface area contributed by atoms with E-state index in [1.165, 1.54) is 17.2 Å². The molecule has 0 radical (unpaired) electrons. The Balaban J connectivity index is 1.85. The molecule has 1 aliphatic rings. The summed E-state index contributed by atoms with van der Waals surface area (Å²) in [5, 5.41) is 11.4. The summed E-state index contributed by atoms with van der Waals surface area (Å²) in [6.07, 6.45) is 1.38. The molecule has 0 spiro atoms. The Morgan fingerprint density at radius 3 is 2.48 bits per heavy atom. The van der Waals surface area contributed by atoms with Gasteiger partial charge in [-0.2, -0.15) is 0 Å². The molecule has 0 bridgehead atoms. The Labute approximate surface area is 121 Å². The van der Waals surface area contributed by atoms with Crippen LogP contribution in [0.3, 0.4) is 0 Å². The SMILES string of the molecule is O=C(O)c1ccc(CNC(=O)N2CCS(=O)(=O)CC2)cn1. The number of sulfone groups is 1. The smallest absolute Gasteiger partial charge is 0.354 e. The zero-order chi connectivity index (χ0) is 15.5. The van der Waals surface area contributed by atoms with Gasteiger partial charge >= 0.3 is 12.0 Å². The first kappa shape index (κ1) is 15.2. The van der Waals surface area contributed by atoms with Gasteiger partial charge in [0.05, 0.1) is 11.5 Å². The number of hydrogen-bond donors (Lipinski definition) is 2. The second-order valence-corrected chi connectivity index (χ2v) is 6.96. The topological polar surface area (TPSA) is 117 Å². The summed E-state index contributed by atoms with van der Waals surface area (Å²) >= 11 is 0. The first-order chi connectivity index (χ1) is 9.87. The van der Waals surface area contributed by atoms with Crippen LogP contribution >= 0.6 is 0 Å². The minimum absolute atomic E-state index is 0.0186. The summed E-state index contributed by atoms with van der Waals surface area (Å²) in [5.74, 6) is -1.15. The molecule has 9 heteroatoms. The molecule has 1 fully saturated rings. The summed E-state index contributed by atoms with van der Waals surface area (Å²) in [6.45, 7) is 0.573. The Kier molecular flexibility index (Phi) is 4.41. The van der Waals surface area contributed by atoms with Gasteiger partial charge in [-0.15, -0.1) is 0 Å². The summed E-state index contributed by atoms with van der Waals surface area (Å²) in [7, 11) is -3.02. The van der Waals surface area contributed by atoms with Crippen LogP contribution in [0.1, 0.15) is 16.1 Å². The number of nitrogens with one attached hydrogen (secondary N) is 1. The maximum Gasteiger partial charge on any atom is 0.354 e. The van der Waals surface area contributed by atoms with Gasteiger partial charge in [0.2, 0.25) is 0 Å². The fourth-order valence-corrected chi connectivity index (χ4v) is 3.06. The van der Waals surface area contributed by atoms with Gasteiger partial charge in [-0.3, -0.25) is 0 Å². The molecule has 2 rings (SSSR count). The monoisotopic (exact) mass is 313 g/mol. The average Bonchev–Trinajstić information content (AvgIpc) is 2.45. The number of aromatic nitrogens is 1. The Morgan fingerprint density at radius 1 is 1.29 bits per heavy atom. The van der Waals surface area contributed by atoms with Gasteiger partial charge in [-0.05, 0) is 11.6 Å². The minimum atomic E-state index is -3.02. The largest absolute Gasteiger partial charge is 0.477 e. The maximum atomic E-state index is 11.9. The van der Waals surface area contributed by atoms with Crippen molar-refractivity contribution in [3.05, 3.63) is 29.6 Å². The zero-order valence-electron chi connectivity index (χ0n) is 11.2. The molecule has 1 saturated heterocycles. The number of nitrogens with zero attached hydrogens (tertiary/aromatic N) is 2. The lowest BCUT2D eigenvalue weighted by molar-refractivity contribution is 0.0690. The number of carboxylic acids is 1. The van der Waals surface area contributed by atoms with E-state index < -0.39 is 15.8 Å². The van der Waals surface area contributed by atoms with E-state index in [1.807, 2.05) is 0 Å². The zero-order valence-corrected chi connectivity index (χ0v) is 12.0. The summed E-state index contributed by atoms with van der Waals surface area (Å²) in [5.41, 5.74) is 0.601. The van der Waals surface area contributed by atoms with Gasteiger partial charge in [-0.1, -0.05) is 6.07 Å². The molecule has 1 aliphatic heterocycles. The highest BCUT2D eigenvalue weighted by atomic mass is 32.2. The number of amides is 2. The summed E-state index contributed by atoms with van der Waals surface area (Å²) < 4.78 is 22.5. The normalized spacial score (nSPS) is 17.2. The van der Waals surface area contributed by atoms with Crippen molar-refractivity contribution in [2.24, 2.45) is 0 Å². The van der Waals surface area contributed by atoms with E-state index in [1.54, 1.807) is 6.07 Å². The lowest BCUT2D eigenvalue weighted by Gasteiger charge is -2.26. The third-order valence-corrected chi connectivity index (χ3v) is 4.73. The van der Waals surface area contributed by atoms with Gasteiger partial charge in [0, 0.05) is 25.8 Å². The van der Waals surface area contributed by atoms with E-state index in [-0.39, 0.29) is 42.9 Å². The lowest BCUT2D eigenvalue weighted by Crippen LogP contribution is -2.47. The molecule has 2 N–H and O–H groups in total. The van der Waals surface area contributed by atoms with E-state index in [4.69, 9.17) is 5.11 Å². The van der Waals surface area contributed by atoms with Crippen LogP contribution < -0.4 is 5.32 Å². The summed E-state index contributed by atoms with van der Waals surface area (Å²) in [4.78, 5) is 27.7. The first-order valence-corrected chi connectivity index (χ1v) is 8.11. The van der Waals surface area contributed by atoms with Crippen molar-refractivity contribution in [3.8, 4) is 0 Å². The van der Waals surface area contributed by atoms with Gasteiger partial charge in [0.15, 0.2) is 9.84 Å². The van der Waals surface area contributed by atoms with Gasteiger partial charge in [0.1, 0.15) is 5.69 Å². The number of urea groups is 1. The molecule has 0 aliphatic carbocycles. The van der Waals surface area contributed by atoms with Crippen LogP contribution in [0, 0.1) is 0 Å². The maximum absolute atomic E-state index is 11.9. The molecule has 2 heterocycles. The van der Waals surface area contributed by atoms with E-state index in [2.05, 4.69) is 10.3 Å². The van der Waals surface area contributed by atoms with Gasteiger partial charge in [-0.25, -0.2) is 23.0 Å². The van der Waals surface area contributed by atoms with Crippen molar-refractivity contribution in [1.82, 2.24) is 15.2 Å². The number of carbonyl (C=O) groups excluding carboxylic acids is 1. The molecule has 0 unspecified atom stereocenters. The van der Waals surface area contributed by atoms with Crippen LogP contribution in [-0.4, -0.2) is 60.0 Å². The molecule has 21 heavy (non-hydrogen) atoms. The molecular formula is C12H15N3O5S. The second-order valence-electron chi connectivity index (χ2n) is 4.65. The van der Waals surface area contributed by atoms with Crippen LogP contribution in [0.15, 0.2) is 18.3 Å². The molecule has 2 amide bonds. The van der Waals surface area contributed by atoms with Crippen LogP contribution in [0.4, 0.5) is 4.79 Å². The third kappa shape index (κ3) is 4.15. The highest BCUT2D eigenvalue weighted by Crippen LogP contribution is 2.05. The van der Waals surface area contributed by atoms with Crippen molar-refractivity contribution < 1.29 is 23.1 Å². The molecule has 8 nitrogen and oxygen atoms in total. The van der Waals surface area contributed by atoms with Gasteiger partial charge in [0.25, 0.3) is 0 Å². The molecule has 1 aromatic heterocycles. The molecule has 0 aromatic carbocycles. The summed E-state index contributed by atoms with van der Waals surface area (Å²) in [6, 6.07) is 2.58. The van der Waals surface area contributed by atoms with E-state index in [0.717, 1.165) is 0 Å². The molecule has 0 saturated carbocycles. The van der Waals surface area contributed by atoms with E-state index in [9.17, 15) is 18.0 Å². The number of rotatable bonds is 3. The Morgan fingerprint density at radius 2 is 1.95 bits per heavy atom. The number of pyridine rings is 1. The molecule has 0 atom stereocenters. The van der Waals surface area contributed by atoms with Crippen molar-refractivity contribution >= 4 is 21.8 Å². The van der Waals surface area contributed by atoms with Crippen LogP contribution in [0.25, 0.3) is 0 Å². The van der Waals surface area contributed by atoms with Crippen LogP contribution in [0.2, 0.25) is 0 Å². The number of carbonyl (C=O) groups is 2. The van der Waals surface area contributed by atoms with Crippen molar-refractivity contribution in [2.45, 2.75) is 6.54 Å². The van der Waals surface area contributed by atoms with Crippen molar-refractivity contribution in [3.63, 3.8) is 0 Å². The first-order valence-electron chi connectivity index (χ1n) is 6.29. The number of hydrogen-bond acceptors (Lipinski definition) is 5. The van der Waals surface area contributed by atoms with Crippen LogP contribution in [0.5, 0.6) is 0 Å². The fourth-order valence-electron chi connectivity index (χ4n) is 1.86. The average molecular weight is 313 g/mol. The van der Waals surface area contributed by atoms with Gasteiger partial charge < -0.3 is 15.3 Å². The Bertz CT molecular complexity index is 627. The van der Waals surface area contributed by atoms with E-state index >= 15 is 0 Å². The fraction of sp³-hybridized carbons (Fsp3) is 0.417. The molecule has 1 aromatic rings. The van der Waals surface area contributed by atoms with Crippen LogP contribution in [-0.2, 0) is 16.4 Å². The number of carboxylic acid groups (broad SMARTS) is 1. The predicted octanol–water partition coefficient (Wildman–Crippen LogP) is -0.280. The Hall–Kier alpha value is -2.16.